The second kappa shape index (κ2) is 8.97. The number of hydrogen-bond donors (Lipinski definition) is 1. The molecule has 2 aromatic heterocycles. The topological polar surface area (TPSA) is 106 Å². The largest absolute Gasteiger partial charge is 0.339 e. The predicted octanol–water partition coefficient (Wildman–Crippen LogP) is 1.81. The number of nitrogens with one attached hydrogen (secondary N) is 1. The molecule has 1 aromatic carbocycles. The average Bonchev–Trinajstić information content (AvgIpc) is 2.80. The second-order valence-corrected chi connectivity index (χ2v) is 8.15. The summed E-state index contributed by atoms with van der Waals surface area (Å²) in [5.41, 5.74) is -0.555. The quantitative estimate of drug-likeness (QED) is 0.649. The number of carbonyl (C=O) groups is 2. The summed E-state index contributed by atoms with van der Waals surface area (Å²) in [6, 6.07) is 6.82. The van der Waals surface area contributed by atoms with E-state index in [0.717, 1.165) is 34.5 Å². The Morgan fingerprint density at radius 3 is 2.55 bits per heavy atom. The Morgan fingerprint density at radius 2 is 1.85 bits per heavy atom. The van der Waals surface area contributed by atoms with Gasteiger partial charge in [-0.25, -0.2) is 14.2 Å². The molecule has 33 heavy (non-hydrogen) atoms. The molecule has 0 atom stereocenters. The smallest absolute Gasteiger partial charge is 0.332 e. The van der Waals surface area contributed by atoms with E-state index >= 15 is 0 Å². The van der Waals surface area contributed by atoms with Crippen LogP contribution in [0, 0.1) is 12.7 Å². The van der Waals surface area contributed by atoms with Crippen LogP contribution < -0.4 is 16.6 Å². The maximum atomic E-state index is 13.4. The molecule has 1 fully saturated rings. The van der Waals surface area contributed by atoms with E-state index in [2.05, 4.69) is 10.3 Å². The molecule has 2 amide bonds. The van der Waals surface area contributed by atoms with E-state index in [1.165, 1.54) is 25.2 Å². The molecule has 0 aliphatic carbocycles. The zero-order chi connectivity index (χ0) is 23.7. The molecule has 0 spiro atoms. The minimum atomic E-state index is -0.768. The van der Waals surface area contributed by atoms with Crippen LogP contribution in [0.5, 0.6) is 0 Å². The summed E-state index contributed by atoms with van der Waals surface area (Å²) in [6.07, 6.45) is 2.81. The van der Waals surface area contributed by atoms with Crippen LogP contribution in [0.1, 0.15) is 35.3 Å². The highest BCUT2D eigenvalue weighted by Crippen LogP contribution is 2.19. The van der Waals surface area contributed by atoms with Crippen molar-refractivity contribution in [2.45, 2.75) is 32.7 Å². The molecule has 0 radical (unpaired) electrons. The molecule has 0 saturated carbocycles. The fourth-order valence-electron chi connectivity index (χ4n) is 4.09. The number of carbonyl (C=O) groups excluding carboxylic acids is 2. The summed E-state index contributed by atoms with van der Waals surface area (Å²) < 4.78 is 15.3. The minimum Gasteiger partial charge on any atom is -0.339 e. The van der Waals surface area contributed by atoms with Crippen LogP contribution in [-0.4, -0.2) is 43.9 Å². The number of aromatic nitrogens is 3. The number of fused-ring (bicyclic) bond motifs is 1. The zero-order valence-corrected chi connectivity index (χ0v) is 18.4. The van der Waals surface area contributed by atoms with Gasteiger partial charge in [-0.05, 0) is 50.5 Å². The SMILES string of the molecule is Cc1cc(C(=O)N2CCCCC2)c2c(=O)n(CC(=O)Nc3cccc(F)c3)c(=O)n(C)c2n1. The van der Waals surface area contributed by atoms with Crippen molar-refractivity contribution in [3.05, 3.63) is 68.2 Å². The van der Waals surface area contributed by atoms with Gasteiger partial charge in [-0.2, -0.15) is 0 Å². The third-order valence-electron chi connectivity index (χ3n) is 5.71. The average molecular weight is 453 g/mol. The van der Waals surface area contributed by atoms with Crippen molar-refractivity contribution in [3.63, 3.8) is 0 Å². The van der Waals surface area contributed by atoms with Crippen LogP contribution in [0.15, 0.2) is 39.9 Å². The van der Waals surface area contributed by atoms with E-state index < -0.39 is 29.5 Å². The standard InChI is InChI=1S/C23H24FN5O4/c1-14-11-17(21(31)28-9-4-3-5-10-28)19-20(25-14)27(2)23(33)29(22(19)32)13-18(30)26-16-8-6-7-15(24)12-16/h6-8,11-12H,3-5,9-10,13H2,1-2H3,(H,26,30). The molecule has 4 rings (SSSR count). The molecule has 1 N–H and O–H groups in total. The van der Waals surface area contributed by atoms with Crippen LogP contribution in [-0.2, 0) is 18.4 Å². The third kappa shape index (κ3) is 4.41. The van der Waals surface area contributed by atoms with Crippen molar-refractivity contribution < 1.29 is 14.0 Å². The Morgan fingerprint density at radius 1 is 1.12 bits per heavy atom. The maximum absolute atomic E-state index is 13.4. The Labute approximate surface area is 188 Å². The Hall–Kier alpha value is -3.82. The fraction of sp³-hybridized carbons (Fsp3) is 0.348. The molecule has 1 aliphatic heterocycles. The first-order valence-corrected chi connectivity index (χ1v) is 10.7. The van der Waals surface area contributed by atoms with Gasteiger partial charge in [-0.3, -0.25) is 23.5 Å². The van der Waals surface area contributed by atoms with Crippen LogP contribution in [0.2, 0.25) is 0 Å². The highest BCUT2D eigenvalue weighted by molar-refractivity contribution is 6.05. The van der Waals surface area contributed by atoms with Crippen LogP contribution in [0.25, 0.3) is 11.0 Å². The van der Waals surface area contributed by atoms with Crippen LogP contribution in [0.3, 0.4) is 0 Å². The fourth-order valence-corrected chi connectivity index (χ4v) is 4.09. The van der Waals surface area contributed by atoms with Crippen LogP contribution >= 0.6 is 0 Å². The van der Waals surface area contributed by atoms with Gasteiger partial charge in [0, 0.05) is 31.5 Å². The van der Waals surface area contributed by atoms with E-state index in [-0.39, 0.29) is 28.2 Å². The number of piperidine rings is 1. The van der Waals surface area contributed by atoms with Crippen molar-refractivity contribution in [2.75, 3.05) is 18.4 Å². The number of rotatable bonds is 4. The number of aryl methyl sites for hydroxylation is 2. The second-order valence-electron chi connectivity index (χ2n) is 8.15. The minimum absolute atomic E-state index is 0.00294. The van der Waals surface area contributed by atoms with Crippen molar-refractivity contribution in [1.29, 1.82) is 0 Å². The summed E-state index contributed by atoms with van der Waals surface area (Å²) in [7, 11) is 1.44. The monoisotopic (exact) mass is 453 g/mol. The van der Waals surface area contributed by atoms with Crippen molar-refractivity contribution in [1.82, 2.24) is 19.0 Å². The molecule has 3 heterocycles. The van der Waals surface area contributed by atoms with E-state index in [4.69, 9.17) is 0 Å². The molecular weight excluding hydrogens is 429 g/mol. The lowest BCUT2D eigenvalue weighted by atomic mass is 10.1. The van der Waals surface area contributed by atoms with Crippen molar-refractivity contribution in [3.8, 4) is 0 Å². The first-order chi connectivity index (χ1) is 15.8. The van der Waals surface area contributed by atoms with Gasteiger partial charge < -0.3 is 10.2 Å². The number of pyridine rings is 1. The molecule has 0 unspecified atom stereocenters. The lowest BCUT2D eigenvalue weighted by Gasteiger charge is -2.27. The summed E-state index contributed by atoms with van der Waals surface area (Å²) in [4.78, 5) is 58.1. The van der Waals surface area contributed by atoms with Crippen LogP contribution in [0.4, 0.5) is 10.1 Å². The van der Waals surface area contributed by atoms with Gasteiger partial charge in [-0.1, -0.05) is 6.07 Å². The first-order valence-electron chi connectivity index (χ1n) is 10.7. The molecule has 9 nitrogen and oxygen atoms in total. The number of nitrogens with zero attached hydrogens (tertiary/aromatic N) is 4. The molecule has 172 valence electrons. The highest BCUT2D eigenvalue weighted by Gasteiger charge is 2.25. The number of hydrogen-bond acceptors (Lipinski definition) is 5. The zero-order valence-electron chi connectivity index (χ0n) is 18.4. The Balaban J connectivity index is 1.79. The number of likely N-dealkylation sites (tertiary alicyclic amines) is 1. The number of amides is 2. The molecule has 1 aliphatic rings. The lowest BCUT2D eigenvalue weighted by molar-refractivity contribution is -0.116. The Kier molecular flexibility index (Phi) is 6.08. The summed E-state index contributed by atoms with van der Waals surface area (Å²) in [5.74, 6) is -1.51. The third-order valence-corrected chi connectivity index (χ3v) is 5.71. The van der Waals surface area contributed by atoms with Gasteiger partial charge in [0.25, 0.3) is 11.5 Å². The molecule has 3 aromatic rings. The summed E-state index contributed by atoms with van der Waals surface area (Å²) in [6.45, 7) is 2.29. The molecule has 1 saturated heterocycles. The number of halogens is 1. The van der Waals surface area contributed by atoms with Gasteiger partial charge in [0.05, 0.1) is 10.9 Å². The van der Waals surface area contributed by atoms with E-state index in [0.29, 0.717) is 18.8 Å². The van der Waals surface area contributed by atoms with Gasteiger partial charge in [0.15, 0.2) is 0 Å². The van der Waals surface area contributed by atoms with E-state index in [1.54, 1.807) is 17.9 Å². The Bertz CT molecular complexity index is 1370. The first kappa shape index (κ1) is 22.4. The lowest BCUT2D eigenvalue weighted by Crippen LogP contribution is -2.43. The maximum Gasteiger partial charge on any atom is 0.332 e. The summed E-state index contributed by atoms with van der Waals surface area (Å²) in [5, 5.41) is 2.47. The van der Waals surface area contributed by atoms with E-state index in [9.17, 15) is 23.6 Å². The molecule has 0 bridgehead atoms. The van der Waals surface area contributed by atoms with Gasteiger partial charge in [-0.15, -0.1) is 0 Å². The van der Waals surface area contributed by atoms with Crippen molar-refractivity contribution >= 4 is 28.5 Å². The highest BCUT2D eigenvalue weighted by atomic mass is 19.1. The molecular formula is C23H24FN5O4. The number of anilines is 1. The predicted molar refractivity (Wildman–Crippen MR) is 121 cm³/mol. The molecule has 10 heteroatoms. The summed E-state index contributed by atoms with van der Waals surface area (Å²) >= 11 is 0. The van der Waals surface area contributed by atoms with Gasteiger partial charge >= 0.3 is 5.69 Å². The normalized spacial score (nSPS) is 13.8. The number of benzene rings is 1. The van der Waals surface area contributed by atoms with Gasteiger partial charge in [0.1, 0.15) is 18.0 Å². The van der Waals surface area contributed by atoms with Gasteiger partial charge in [0.2, 0.25) is 5.91 Å². The van der Waals surface area contributed by atoms with Crippen molar-refractivity contribution in [2.24, 2.45) is 7.05 Å². The van der Waals surface area contributed by atoms with E-state index in [1.807, 2.05) is 0 Å².